The van der Waals surface area contributed by atoms with E-state index in [9.17, 15) is 9.18 Å². The van der Waals surface area contributed by atoms with Gasteiger partial charge < -0.3 is 15.8 Å². The van der Waals surface area contributed by atoms with Crippen LogP contribution in [0, 0.1) is 12.7 Å². The molecule has 2 aromatic heterocycles. The second-order valence-electron chi connectivity index (χ2n) is 5.36. The van der Waals surface area contributed by atoms with Gasteiger partial charge in [0.15, 0.2) is 5.75 Å². The number of rotatable bonds is 5. The molecule has 3 aromatic rings. The number of carbonyl (C=O) groups is 1. The molecule has 0 fully saturated rings. The molecule has 0 aliphatic heterocycles. The Morgan fingerprint density at radius 2 is 2.04 bits per heavy atom. The zero-order valence-electron chi connectivity index (χ0n) is 13.4. The van der Waals surface area contributed by atoms with Gasteiger partial charge in [-0.2, -0.15) is 5.10 Å². The molecule has 2 amide bonds. The largest absolute Gasteiger partial charge is 0.435 e. The first-order valence-corrected chi connectivity index (χ1v) is 7.50. The molecular weight excluding hydrogens is 325 g/mol. The standard InChI is InChI=1S/C17H16FN5O2/c1-10-2-7-13(8-20-17(19)24)22-16(10)25-14-9-21-23-15(14)11-3-5-12(18)6-4-11/h2-7,9H,8H2,1H3,(H,21,23)(H3,19,20,24). The number of aryl methyl sites for hydroxylation is 1. The van der Waals surface area contributed by atoms with Crippen molar-refractivity contribution in [3.63, 3.8) is 0 Å². The van der Waals surface area contributed by atoms with Gasteiger partial charge in [0.25, 0.3) is 0 Å². The van der Waals surface area contributed by atoms with Crippen molar-refractivity contribution in [2.45, 2.75) is 13.5 Å². The molecule has 0 saturated heterocycles. The van der Waals surface area contributed by atoms with Crippen molar-refractivity contribution in [1.29, 1.82) is 0 Å². The summed E-state index contributed by atoms with van der Waals surface area (Å²) >= 11 is 0. The lowest BCUT2D eigenvalue weighted by Crippen LogP contribution is -2.29. The maximum Gasteiger partial charge on any atom is 0.312 e. The number of hydrogen-bond acceptors (Lipinski definition) is 4. The lowest BCUT2D eigenvalue weighted by molar-refractivity contribution is 0.248. The fourth-order valence-corrected chi connectivity index (χ4v) is 2.21. The lowest BCUT2D eigenvalue weighted by Gasteiger charge is -2.10. The average molecular weight is 341 g/mol. The number of H-pyrrole nitrogens is 1. The molecule has 3 rings (SSSR count). The van der Waals surface area contributed by atoms with Crippen LogP contribution in [-0.4, -0.2) is 21.2 Å². The van der Waals surface area contributed by atoms with Crippen LogP contribution in [0.4, 0.5) is 9.18 Å². The Morgan fingerprint density at radius 3 is 2.76 bits per heavy atom. The van der Waals surface area contributed by atoms with E-state index in [4.69, 9.17) is 10.5 Å². The number of hydrogen-bond donors (Lipinski definition) is 3. The van der Waals surface area contributed by atoms with Crippen LogP contribution in [-0.2, 0) is 6.54 Å². The van der Waals surface area contributed by atoms with Crippen LogP contribution in [0.25, 0.3) is 11.3 Å². The van der Waals surface area contributed by atoms with Crippen molar-refractivity contribution in [2.75, 3.05) is 0 Å². The number of halogens is 1. The quantitative estimate of drug-likeness (QED) is 0.663. The summed E-state index contributed by atoms with van der Waals surface area (Å²) in [4.78, 5) is 15.2. The number of carbonyl (C=O) groups excluding carboxylic acids is 1. The highest BCUT2D eigenvalue weighted by atomic mass is 19.1. The van der Waals surface area contributed by atoms with E-state index in [-0.39, 0.29) is 12.4 Å². The highest BCUT2D eigenvalue weighted by molar-refractivity contribution is 5.71. The Kier molecular flexibility index (Phi) is 4.60. The number of nitrogens with one attached hydrogen (secondary N) is 2. The summed E-state index contributed by atoms with van der Waals surface area (Å²) in [5, 5.41) is 9.30. The summed E-state index contributed by atoms with van der Waals surface area (Å²) in [6.45, 7) is 2.05. The Balaban J connectivity index is 1.85. The molecule has 0 aliphatic carbocycles. The van der Waals surface area contributed by atoms with Gasteiger partial charge in [0.05, 0.1) is 18.4 Å². The number of pyridine rings is 1. The van der Waals surface area contributed by atoms with Gasteiger partial charge in [-0.1, -0.05) is 6.07 Å². The Morgan fingerprint density at radius 1 is 1.28 bits per heavy atom. The van der Waals surface area contributed by atoms with E-state index in [1.807, 2.05) is 13.0 Å². The summed E-state index contributed by atoms with van der Waals surface area (Å²) in [5.41, 5.74) is 7.83. The molecule has 128 valence electrons. The van der Waals surface area contributed by atoms with Crippen LogP contribution in [0.5, 0.6) is 11.6 Å². The molecule has 1 aromatic carbocycles. The molecule has 0 radical (unpaired) electrons. The molecule has 0 aliphatic rings. The minimum atomic E-state index is -0.627. The Labute approximate surface area is 143 Å². The van der Waals surface area contributed by atoms with Crippen LogP contribution >= 0.6 is 0 Å². The summed E-state index contributed by atoms with van der Waals surface area (Å²) in [5.74, 6) is 0.522. The van der Waals surface area contributed by atoms with Crippen LogP contribution in [0.3, 0.4) is 0 Å². The SMILES string of the molecule is Cc1ccc(CNC(N)=O)nc1Oc1cn[nH]c1-c1ccc(F)cc1. The fourth-order valence-electron chi connectivity index (χ4n) is 2.21. The number of aromatic nitrogens is 3. The number of ether oxygens (including phenoxy) is 1. The summed E-state index contributed by atoms with van der Waals surface area (Å²) < 4.78 is 19.0. The minimum absolute atomic E-state index is 0.197. The molecule has 7 nitrogen and oxygen atoms in total. The van der Waals surface area contributed by atoms with Crippen molar-refractivity contribution in [3.8, 4) is 22.9 Å². The third-order valence-electron chi connectivity index (χ3n) is 3.50. The van der Waals surface area contributed by atoms with Crippen molar-refractivity contribution in [1.82, 2.24) is 20.5 Å². The topological polar surface area (TPSA) is 106 Å². The zero-order valence-corrected chi connectivity index (χ0v) is 13.4. The smallest absolute Gasteiger partial charge is 0.312 e. The van der Waals surface area contributed by atoms with Crippen LogP contribution in [0.15, 0.2) is 42.6 Å². The van der Waals surface area contributed by atoms with E-state index in [0.29, 0.717) is 23.0 Å². The predicted octanol–water partition coefficient (Wildman–Crippen LogP) is 2.88. The molecule has 0 saturated carbocycles. The number of aromatic amines is 1. The predicted molar refractivity (Wildman–Crippen MR) is 89.5 cm³/mol. The molecule has 0 atom stereocenters. The monoisotopic (exact) mass is 341 g/mol. The molecule has 4 N–H and O–H groups in total. The van der Waals surface area contributed by atoms with Crippen molar-refractivity contribution < 1.29 is 13.9 Å². The van der Waals surface area contributed by atoms with E-state index in [1.165, 1.54) is 18.3 Å². The Hall–Kier alpha value is -3.42. The van der Waals surface area contributed by atoms with Gasteiger partial charge in [-0.25, -0.2) is 14.2 Å². The van der Waals surface area contributed by atoms with Crippen LogP contribution in [0.1, 0.15) is 11.3 Å². The maximum atomic E-state index is 13.1. The second-order valence-corrected chi connectivity index (χ2v) is 5.36. The summed E-state index contributed by atoms with van der Waals surface area (Å²) in [6.07, 6.45) is 1.52. The third kappa shape index (κ3) is 3.92. The molecular formula is C17H16FN5O2. The first kappa shape index (κ1) is 16.4. The zero-order chi connectivity index (χ0) is 17.8. The highest BCUT2D eigenvalue weighted by Crippen LogP contribution is 2.31. The van der Waals surface area contributed by atoms with E-state index >= 15 is 0 Å². The van der Waals surface area contributed by atoms with Crippen molar-refractivity contribution >= 4 is 6.03 Å². The van der Waals surface area contributed by atoms with Crippen LogP contribution in [0.2, 0.25) is 0 Å². The van der Waals surface area contributed by atoms with Crippen molar-refractivity contribution in [3.05, 3.63) is 59.7 Å². The van der Waals surface area contributed by atoms with Gasteiger partial charge in [-0.3, -0.25) is 5.10 Å². The first-order valence-electron chi connectivity index (χ1n) is 7.50. The van der Waals surface area contributed by atoms with E-state index in [1.54, 1.807) is 18.2 Å². The average Bonchev–Trinajstić information content (AvgIpc) is 3.04. The van der Waals surface area contributed by atoms with Gasteiger partial charge in [-0.15, -0.1) is 0 Å². The molecule has 8 heteroatoms. The number of nitrogens with two attached hydrogens (primary N) is 1. The molecule has 0 spiro atoms. The van der Waals surface area contributed by atoms with Gasteiger partial charge in [0.2, 0.25) is 5.88 Å². The molecule has 0 unspecified atom stereocenters. The minimum Gasteiger partial charge on any atom is -0.435 e. The number of nitrogens with zero attached hydrogens (tertiary/aromatic N) is 2. The second kappa shape index (κ2) is 7.00. The Bertz CT molecular complexity index is 892. The number of urea groups is 1. The summed E-state index contributed by atoms with van der Waals surface area (Å²) in [6, 6.07) is 8.95. The number of primary amides is 1. The van der Waals surface area contributed by atoms with Gasteiger partial charge >= 0.3 is 6.03 Å². The number of amides is 2. The molecule has 2 heterocycles. The van der Waals surface area contributed by atoms with Crippen LogP contribution < -0.4 is 15.8 Å². The summed E-state index contributed by atoms with van der Waals surface area (Å²) in [7, 11) is 0. The van der Waals surface area contributed by atoms with Gasteiger partial charge in [-0.05, 0) is 37.3 Å². The van der Waals surface area contributed by atoms with Gasteiger partial charge in [0, 0.05) is 11.1 Å². The lowest BCUT2D eigenvalue weighted by atomic mass is 10.1. The van der Waals surface area contributed by atoms with E-state index in [0.717, 1.165) is 11.1 Å². The third-order valence-corrected chi connectivity index (χ3v) is 3.50. The normalized spacial score (nSPS) is 10.5. The molecule has 0 bridgehead atoms. The van der Waals surface area contributed by atoms with Crippen molar-refractivity contribution in [2.24, 2.45) is 5.73 Å². The molecule has 25 heavy (non-hydrogen) atoms. The van der Waals surface area contributed by atoms with E-state index in [2.05, 4.69) is 20.5 Å². The first-order chi connectivity index (χ1) is 12.0. The maximum absolute atomic E-state index is 13.1. The van der Waals surface area contributed by atoms with E-state index < -0.39 is 6.03 Å². The number of benzene rings is 1. The highest BCUT2D eigenvalue weighted by Gasteiger charge is 2.13. The van der Waals surface area contributed by atoms with Gasteiger partial charge in [0.1, 0.15) is 11.5 Å². The fraction of sp³-hybridized carbons (Fsp3) is 0.118.